The van der Waals surface area contributed by atoms with Gasteiger partial charge in [0.1, 0.15) is 11.6 Å². The minimum Gasteiger partial charge on any atom is -0.433 e. The van der Waals surface area contributed by atoms with Gasteiger partial charge in [0.25, 0.3) is 0 Å². The quantitative estimate of drug-likeness (QED) is 0.682. The Labute approximate surface area is 122 Å². The van der Waals surface area contributed by atoms with E-state index in [1.54, 1.807) is 0 Å². The molecule has 0 unspecified atom stereocenters. The number of aryl methyl sites for hydroxylation is 1. The van der Waals surface area contributed by atoms with Gasteiger partial charge in [0, 0.05) is 6.07 Å². The van der Waals surface area contributed by atoms with Crippen LogP contribution in [-0.4, -0.2) is 9.91 Å². The van der Waals surface area contributed by atoms with E-state index < -0.39 is 4.92 Å². The van der Waals surface area contributed by atoms with Crippen LogP contribution < -0.4 is 10.5 Å². The van der Waals surface area contributed by atoms with Crippen LogP contribution in [-0.2, 0) is 0 Å². The molecule has 0 atom stereocenters. The second-order valence-electron chi connectivity index (χ2n) is 5.10. The van der Waals surface area contributed by atoms with Gasteiger partial charge in [0.05, 0.1) is 4.92 Å². The lowest BCUT2D eigenvalue weighted by Crippen LogP contribution is -2.00. The van der Waals surface area contributed by atoms with E-state index in [9.17, 15) is 10.1 Å². The number of hydrogen-bond acceptors (Lipinski definition) is 5. The third kappa shape index (κ3) is 3.28. The summed E-state index contributed by atoms with van der Waals surface area (Å²) in [7, 11) is 0. The molecule has 0 fully saturated rings. The summed E-state index contributed by atoms with van der Waals surface area (Å²) < 4.78 is 5.64. The second-order valence-corrected chi connectivity index (χ2v) is 5.10. The van der Waals surface area contributed by atoms with Crippen molar-refractivity contribution in [2.75, 3.05) is 5.73 Å². The number of benzene rings is 1. The van der Waals surface area contributed by atoms with E-state index in [1.165, 1.54) is 12.1 Å². The highest BCUT2D eigenvalue weighted by molar-refractivity contribution is 5.50. The van der Waals surface area contributed by atoms with Crippen molar-refractivity contribution in [3.8, 4) is 11.6 Å². The van der Waals surface area contributed by atoms with Crippen molar-refractivity contribution in [3.63, 3.8) is 0 Å². The molecule has 1 aromatic heterocycles. The van der Waals surface area contributed by atoms with E-state index in [1.807, 2.05) is 25.1 Å². The number of ether oxygens (including phenoxy) is 1. The van der Waals surface area contributed by atoms with Crippen molar-refractivity contribution in [2.45, 2.75) is 26.7 Å². The SMILES string of the molecule is Cc1ccc(C(C)C)cc1Oc1nc(N)ccc1[N+](=O)[O-]. The first-order valence-electron chi connectivity index (χ1n) is 6.57. The maximum atomic E-state index is 11.0. The number of hydrogen-bond donors (Lipinski definition) is 1. The molecule has 21 heavy (non-hydrogen) atoms. The fourth-order valence-electron chi connectivity index (χ4n) is 1.85. The number of pyridine rings is 1. The zero-order valence-corrected chi connectivity index (χ0v) is 12.2. The standard InChI is InChI=1S/C15H17N3O3/c1-9(2)11-5-4-10(3)13(8-11)21-15-12(18(19)20)6-7-14(16)17-15/h4-9H,1-3H3,(H2,16,17). The summed E-state index contributed by atoms with van der Waals surface area (Å²) in [5, 5.41) is 11.0. The van der Waals surface area contributed by atoms with Crippen LogP contribution in [0.5, 0.6) is 11.6 Å². The molecule has 0 saturated heterocycles. The Morgan fingerprint density at radius 3 is 2.62 bits per heavy atom. The van der Waals surface area contributed by atoms with Crippen LogP contribution >= 0.6 is 0 Å². The molecule has 0 radical (unpaired) electrons. The Bertz CT molecular complexity index is 684. The summed E-state index contributed by atoms with van der Waals surface area (Å²) in [4.78, 5) is 14.4. The number of nitrogens with zero attached hydrogens (tertiary/aromatic N) is 2. The first-order valence-corrected chi connectivity index (χ1v) is 6.57. The Balaban J connectivity index is 2.44. The maximum absolute atomic E-state index is 11.0. The monoisotopic (exact) mass is 287 g/mol. The molecule has 110 valence electrons. The zero-order chi connectivity index (χ0) is 15.6. The van der Waals surface area contributed by atoms with Gasteiger partial charge in [0.2, 0.25) is 0 Å². The average Bonchev–Trinajstić information content (AvgIpc) is 2.40. The summed E-state index contributed by atoms with van der Waals surface area (Å²) in [6.45, 7) is 6.00. The molecule has 2 aromatic rings. The first-order chi connectivity index (χ1) is 9.88. The molecule has 1 heterocycles. The fourth-order valence-corrected chi connectivity index (χ4v) is 1.85. The van der Waals surface area contributed by atoms with Crippen molar-refractivity contribution in [3.05, 3.63) is 51.6 Å². The third-order valence-electron chi connectivity index (χ3n) is 3.14. The molecule has 0 aliphatic rings. The average molecular weight is 287 g/mol. The normalized spacial score (nSPS) is 10.7. The lowest BCUT2D eigenvalue weighted by Gasteiger charge is -2.12. The molecule has 1 aromatic carbocycles. The number of nitro groups is 1. The number of nitrogens with two attached hydrogens (primary N) is 1. The molecule has 0 aliphatic carbocycles. The molecule has 0 spiro atoms. The van der Waals surface area contributed by atoms with E-state index in [-0.39, 0.29) is 17.4 Å². The van der Waals surface area contributed by atoms with Gasteiger partial charge in [-0.2, -0.15) is 4.98 Å². The second kappa shape index (κ2) is 5.78. The maximum Gasteiger partial charge on any atom is 0.331 e. The van der Waals surface area contributed by atoms with E-state index >= 15 is 0 Å². The molecule has 0 amide bonds. The van der Waals surface area contributed by atoms with Gasteiger partial charge in [-0.3, -0.25) is 10.1 Å². The number of aromatic nitrogens is 1. The van der Waals surface area contributed by atoms with Crippen LogP contribution in [0, 0.1) is 17.0 Å². The molecule has 0 bridgehead atoms. The smallest absolute Gasteiger partial charge is 0.331 e. The summed E-state index contributed by atoms with van der Waals surface area (Å²) in [5.74, 6) is 0.955. The van der Waals surface area contributed by atoms with E-state index in [2.05, 4.69) is 18.8 Å². The van der Waals surface area contributed by atoms with Crippen molar-refractivity contribution in [1.82, 2.24) is 4.98 Å². The predicted octanol–water partition coefficient (Wildman–Crippen LogP) is 3.80. The number of rotatable bonds is 4. The first kappa shape index (κ1) is 14.8. The van der Waals surface area contributed by atoms with Crippen LogP contribution in [0.25, 0.3) is 0 Å². The zero-order valence-electron chi connectivity index (χ0n) is 12.2. The molecular formula is C15H17N3O3. The summed E-state index contributed by atoms with van der Waals surface area (Å²) in [6, 6.07) is 8.47. The Kier molecular flexibility index (Phi) is 4.07. The highest BCUT2D eigenvalue weighted by Gasteiger charge is 2.19. The third-order valence-corrected chi connectivity index (χ3v) is 3.14. The minimum absolute atomic E-state index is 0.0935. The van der Waals surface area contributed by atoms with Gasteiger partial charge in [-0.05, 0) is 36.1 Å². The predicted molar refractivity (Wildman–Crippen MR) is 80.6 cm³/mol. The van der Waals surface area contributed by atoms with Crippen molar-refractivity contribution in [2.24, 2.45) is 0 Å². The topological polar surface area (TPSA) is 91.3 Å². The number of nitrogen functional groups attached to an aromatic ring is 1. The highest BCUT2D eigenvalue weighted by Crippen LogP contribution is 2.33. The highest BCUT2D eigenvalue weighted by atomic mass is 16.6. The molecule has 6 nitrogen and oxygen atoms in total. The Morgan fingerprint density at radius 2 is 2.00 bits per heavy atom. The van der Waals surface area contributed by atoms with Crippen molar-refractivity contribution >= 4 is 11.5 Å². The fraction of sp³-hybridized carbons (Fsp3) is 0.267. The molecule has 0 saturated carbocycles. The Hall–Kier alpha value is -2.63. The molecule has 6 heteroatoms. The van der Waals surface area contributed by atoms with Gasteiger partial charge in [-0.15, -0.1) is 0 Å². The van der Waals surface area contributed by atoms with E-state index in [4.69, 9.17) is 10.5 Å². The lowest BCUT2D eigenvalue weighted by molar-refractivity contribution is -0.386. The number of anilines is 1. The van der Waals surface area contributed by atoms with Crippen LogP contribution in [0.3, 0.4) is 0 Å². The van der Waals surface area contributed by atoms with Crippen molar-refractivity contribution in [1.29, 1.82) is 0 Å². The van der Waals surface area contributed by atoms with Gasteiger partial charge >= 0.3 is 11.6 Å². The van der Waals surface area contributed by atoms with Gasteiger partial charge in [-0.25, -0.2) is 0 Å². The molecular weight excluding hydrogens is 270 g/mol. The van der Waals surface area contributed by atoms with Gasteiger partial charge in [0.15, 0.2) is 0 Å². The largest absolute Gasteiger partial charge is 0.433 e. The van der Waals surface area contributed by atoms with Crippen LogP contribution in [0.2, 0.25) is 0 Å². The van der Waals surface area contributed by atoms with Crippen LogP contribution in [0.1, 0.15) is 30.9 Å². The van der Waals surface area contributed by atoms with Gasteiger partial charge < -0.3 is 10.5 Å². The lowest BCUT2D eigenvalue weighted by atomic mass is 10.0. The molecule has 2 N–H and O–H groups in total. The molecule has 2 rings (SSSR count). The van der Waals surface area contributed by atoms with E-state index in [0.29, 0.717) is 11.7 Å². The van der Waals surface area contributed by atoms with Crippen LogP contribution in [0.15, 0.2) is 30.3 Å². The van der Waals surface area contributed by atoms with Crippen LogP contribution in [0.4, 0.5) is 11.5 Å². The summed E-state index contributed by atoms with van der Waals surface area (Å²) >= 11 is 0. The summed E-state index contributed by atoms with van der Waals surface area (Å²) in [6.07, 6.45) is 0. The van der Waals surface area contributed by atoms with Crippen molar-refractivity contribution < 1.29 is 9.66 Å². The Morgan fingerprint density at radius 1 is 1.29 bits per heavy atom. The minimum atomic E-state index is -0.538. The summed E-state index contributed by atoms with van der Waals surface area (Å²) in [5.41, 5.74) is 7.33. The van der Waals surface area contributed by atoms with Gasteiger partial charge in [-0.1, -0.05) is 26.0 Å². The molecule has 0 aliphatic heterocycles. The van der Waals surface area contributed by atoms with E-state index in [0.717, 1.165) is 11.1 Å².